The second-order valence-corrected chi connectivity index (χ2v) is 3.68. The van der Waals surface area contributed by atoms with Gasteiger partial charge in [0, 0.05) is 0 Å². The number of nitrogen functional groups attached to an aromatic ring is 2. The lowest BCUT2D eigenvalue weighted by Gasteiger charge is -2.12. The third kappa shape index (κ3) is 2.59. The molecule has 2 aromatic rings. The lowest BCUT2D eigenvalue weighted by molar-refractivity contribution is 0.400. The Kier molecular flexibility index (Phi) is 3.56. The van der Waals surface area contributed by atoms with E-state index in [-0.39, 0.29) is 23.3 Å². The number of hydrogen-bond donors (Lipinski definition) is 3. The van der Waals surface area contributed by atoms with Crippen LogP contribution in [0.5, 0.6) is 11.6 Å². The Labute approximate surface area is 110 Å². The fourth-order valence-corrected chi connectivity index (χ4v) is 1.55. The van der Waals surface area contributed by atoms with Gasteiger partial charge in [-0.1, -0.05) is 12.1 Å². The Balaban J connectivity index is 2.36. The van der Waals surface area contributed by atoms with Gasteiger partial charge in [-0.3, -0.25) is 0 Å². The van der Waals surface area contributed by atoms with Crippen LogP contribution in [-0.4, -0.2) is 24.2 Å². The molecule has 7 heteroatoms. The molecule has 1 aromatic heterocycles. The van der Waals surface area contributed by atoms with E-state index in [4.69, 9.17) is 20.9 Å². The molecule has 0 saturated carbocycles. The SMILES string of the molecule is COc1ccccc1Nc1nc(N)c(N)c(OC)n1. The Bertz CT molecular complexity index is 588. The maximum absolute atomic E-state index is 5.69. The molecular weight excluding hydrogens is 246 g/mol. The zero-order valence-corrected chi connectivity index (χ0v) is 10.7. The van der Waals surface area contributed by atoms with Gasteiger partial charge in [-0.15, -0.1) is 0 Å². The number of nitrogens with zero attached hydrogens (tertiary/aromatic N) is 2. The number of methoxy groups -OCH3 is 2. The molecule has 0 aliphatic heterocycles. The first kappa shape index (κ1) is 12.7. The number of nitrogens with one attached hydrogen (secondary N) is 1. The first-order valence-corrected chi connectivity index (χ1v) is 5.52. The number of para-hydroxylation sites is 2. The third-order valence-electron chi connectivity index (χ3n) is 2.49. The summed E-state index contributed by atoms with van der Waals surface area (Å²) >= 11 is 0. The summed E-state index contributed by atoms with van der Waals surface area (Å²) < 4.78 is 10.3. The van der Waals surface area contributed by atoms with Crippen molar-refractivity contribution >= 4 is 23.1 Å². The van der Waals surface area contributed by atoms with Gasteiger partial charge >= 0.3 is 0 Å². The molecule has 0 radical (unpaired) electrons. The van der Waals surface area contributed by atoms with Gasteiger partial charge in [0.25, 0.3) is 0 Å². The maximum atomic E-state index is 5.69. The molecule has 0 bridgehead atoms. The quantitative estimate of drug-likeness (QED) is 0.763. The molecule has 0 aliphatic carbocycles. The van der Waals surface area contributed by atoms with Crippen molar-refractivity contribution in [3.05, 3.63) is 24.3 Å². The van der Waals surface area contributed by atoms with Crippen LogP contribution in [0.15, 0.2) is 24.3 Å². The topological polar surface area (TPSA) is 108 Å². The summed E-state index contributed by atoms with van der Waals surface area (Å²) in [6.07, 6.45) is 0. The van der Waals surface area contributed by atoms with E-state index < -0.39 is 0 Å². The Morgan fingerprint density at radius 3 is 2.47 bits per heavy atom. The van der Waals surface area contributed by atoms with E-state index in [1.54, 1.807) is 7.11 Å². The molecule has 100 valence electrons. The highest BCUT2D eigenvalue weighted by molar-refractivity contribution is 5.69. The molecule has 0 spiro atoms. The number of anilines is 4. The average molecular weight is 261 g/mol. The van der Waals surface area contributed by atoms with Gasteiger partial charge in [0.05, 0.1) is 19.9 Å². The fraction of sp³-hybridized carbons (Fsp3) is 0.167. The standard InChI is InChI=1S/C12H15N5O2/c1-18-8-6-4-3-5-7(8)15-12-16-10(14)9(13)11(17-12)19-2/h3-6H,13H2,1-2H3,(H3,14,15,16,17). The van der Waals surface area contributed by atoms with Crippen LogP contribution < -0.4 is 26.3 Å². The van der Waals surface area contributed by atoms with E-state index in [0.717, 1.165) is 5.69 Å². The number of benzene rings is 1. The van der Waals surface area contributed by atoms with Crippen molar-refractivity contribution in [1.29, 1.82) is 0 Å². The first-order chi connectivity index (χ1) is 9.15. The number of rotatable bonds is 4. The minimum atomic E-state index is 0.157. The van der Waals surface area contributed by atoms with Crippen LogP contribution in [0.4, 0.5) is 23.1 Å². The normalized spacial score (nSPS) is 10.0. The molecule has 1 heterocycles. The Morgan fingerprint density at radius 1 is 1.05 bits per heavy atom. The average Bonchev–Trinajstić information content (AvgIpc) is 2.43. The van der Waals surface area contributed by atoms with Gasteiger partial charge in [0.15, 0.2) is 5.82 Å². The smallest absolute Gasteiger partial charge is 0.244 e. The van der Waals surface area contributed by atoms with Gasteiger partial charge < -0.3 is 26.3 Å². The second kappa shape index (κ2) is 5.30. The third-order valence-corrected chi connectivity index (χ3v) is 2.49. The molecule has 7 nitrogen and oxygen atoms in total. The molecule has 0 unspecified atom stereocenters. The van der Waals surface area contributed by atoms with Crippen molar-refractivity contribution in [2.45, 2.75) is 0 Å². The van der Waals surface area contributed by atoms with Gasteiger partial charge in [0.1, 0.15) is 11.4 Å². The van der Waals surface area contributed by atoms with Crippen LogP contribution in [-0.2, 0) is 0 Å². The van der Waals surface area contributed by atoms with Crippen molar-refractivity contribution in [3.63, 3.8) is 0 Å². The molecule has 0 saturated heterocycles. The minimum Gasteiger partial charge on any atom is -0.495 e. The molecule has 5 N–H and O–H groups in total. The Hall–Kier alpha value is -2.70. The lowest BCUT2D eigenvalue weighted by Crippen LogP contribution is -2.07. The lowest BCUT2D eigenvalue weighted by atomic mass is 10.3. The van der Waals surface area contributed by atoms with E-state index >= 15 is 0 Å². The van der Waals surface area contributed by atoms with Gasteiger partial charge in [-0.25, -0.2) is 0 Å². The van der Waals surface area contributed by atoms with E-state index in [2.05, 4.69) is 15.3 Å². The summed E-state index contributed by atoms with van der Waals surface area (Å²) in [5.74, 6) is 1.34. The van der Waals surface area contributed by atoms with Gasteiger partial charge in [-0.2, -0.15) is 9.97 Å². The number of aromatic nitrogens is 2. The minimum absolute atomic E-state index is 0.157. The summed E-state index contributed by atoms with van der Waals surface area (Å²) in [4.78, 5) is 8.16. The van der Waals surface area contributed by atoms with Crippen LogP contribution in [0.25, 0.3) is 0 Å². The predicted molar refractivity (Wildman–Crippen MR) is 73.7 cm³/mol. The van der Waals surface area contributed by atoms with Crippen LogP contribution in [0, 0.1) is 0 Å². The van der Waals surface area contributed by atoms with Crippen LogP contribution in [0.1, 0.15) is 0 Å². The van der Waals surface area contributed by atoms with E-state index in [9.17, 15) is 0 Å². The summed E-state index contributed by atoms with van der Waals surface area (Å²) in [7, 11) is 3.05. The summed E-state index contributed by atoms with van der Waals surface area (Å²) in [6, 6.07) is 7.38. The summed E-state index contributed by atoms with van der Waals surface area (Å²) in [5.41, 5.74) is 12.3. The molecular formula is C12H15N5O2. The summed E-state index contributed by atoms with van der Waals surface area (Å²) in [6.45, 7) is 0. The van der Waals surface area contributed by atoms with Crippen LogP contribution >= 0.6 is 0 Å². The van der Waals surface area contributed by atoms with Gasteiger partial charge in [-0.05, 0) is 12.1 Å². The van der Waals surface area contributed by atoms with Crippen LogP contribution in [0.2, 0.25) is 0 Å². The molecule has 0 aliphatic rings. The monoisotopic (exact) mass is 261 g/mol. The highest BCUT2D eigenvalue weighted by atomic mass is 16.5. The van der Waals surface area contributed by atoms with Crippen molar-refractivity contribution < 1.29 is 9.47 Å². The molecule has 0 fully saturated rings. The van der Waals surface area contributed by atoms with E-state index in [1.807, 2.05) is 24.3 Å². The van der Waals surface area contributed by atoms with Crippen molar-refractivity contribution in [1.82, 2.24) is 9.97 Å². The second-order valence-electron chi connectivity index (χ2n) is 3.68. The molecule has 0 atom stereocenters. The largest absolute Gasteiger partial charge is 0.495 e. The molecule has 0 amide bonds. The Morgan fingerprint density at radius 2 is 1.79 bits per heavy atom. The van der Waals surface area contributed by atoms with E-state index in [1.165, 1.54) is 7.11 Å². The van der Waals surface area contributed by atoms with Crippen molar-refractivity contribution in [3.8, 4) is 11.6 Å². The molecule has 19 heavy (non-hydrogen) atoms. The fourth-order valence-electron chi connectivity index (χ4n) is 1.55. The number of nitrogens with two attached hydrogens (primary N) is 2. The van der Waals surface area contributed by atoms with Crippen LogP contribution in [0.3, 0.4) is 0 Å². The first-order valence-electron chi connectivity index (χ1n) is 5.52. The summed E-state index contributed by atoms with van der Waals surface area (Å²) in [5, 5.41) is 3.00. The highest BCUT2D eigenvalue weighted by Crippen LogP contribution is 2.29. The highest BCUT2D eigenvalue weighted by Gasteiger charge is 2.11. The van der Waals surface area contributed by atoms with Crippen molar-refractivity contribution in [2.75, 3.05) is 31.0 Å². The molecule has 1 aromatic carbocycles. The van der Waals surface area contributed by atoms with E-state index in [0.29, 0.717) is 5.75 Å². The predicted octanol–water partition coefficient (Wildman–Crippen LogP) is 1.40. The molecule has 2 rings (SSSR count). The number of ether oxygens (including phenoxy) is 2. The number of hydrogen-bond acceptors (Lipinski definition) is 7. The zero-order valence-electron chi connectivity index (χ0n) is 10.7. The zero-order chi connectivity index (χ0) is 13.8. The van der Waals surface area contributed by atoms with Crippen molar-refractivity contribution in [2.24, 2.45) is 0 Å². The van der Waals surface area contributed by atoms with Gasteiger partial charge in [0.2, 0.25) is 11.8 Å². The maximum Gasteiger partial charge on any atom is 0.244 e.